The quantitative estimate of drug-likeness (QED) is 0.642. The fourth-order valence-corrected chi connectivity index (χ4v) is 1.95. The van der Waals surface area contributed by atoms with Crippen molar-refractivity contribution in [3.05, 3.63) is 53.1 Å². The number of methoxy groups -OCH3 is 1. The van der Waals surface area contributed by atoms with E-state index in [9.17, 15) is 0 Å². The fourth-order valence-electron chi connectivity index (χ4n) is 1.77. The largest absolute Gasteiger partial charge is 0.493 e. The van der Waals surface area contributed by atoms with E-state index in [1.165, 1.54) is 0 Å². The van der Waals surface area contributed by atoms with Gasteiger partial charge in [-0.15, -0.1) is 0 Å². The molecule has 0 radical (unpaired) electrons. The average Bonchev–Trinajstić information content (AvgIpc) is 2.50. The van der Waals surface area contributed by atoms with E-state index < -0.39 is 0 Å². The molecule has 2 aromatic carbocycles. The van der Waals surface area contributed by atoms with Gasteiger partial charge in [0, 0.05) is 0 Å². The first kappa shape index (κ1) is 15.2. The molecule has 110 valence electrons. The Bertz CT molecular complexity index is 629. The van der Waals surface area contributed by atoms with Crippen molar-refractivity contribution in [2.24, 2.45) is 5.10 Å². The first-order valence-electron chi connectivity index (χ1n) is 6.59. The van der Waals surface area contributed by atoms with Gasteiger partial charge in [-0.3, -0.25) is 5.43 Å². The van der Waals surface area contributed by atoms with E-state index in [4.69, 9.17) is 21.1 Å². The number of hydrogen-bond acceptors (Lipinski definition) is 4. The van der Waals surface area contributed by atoms with Gasteiger partial charge in [-0.2, -0.15) is 5.10 Å². The predicted octanol–water partition coefficient (Wildman–Crippen LogP) is 4.19. The average molecular weight is 305 g/mol. The Morgan fingerprint density at radius 1 is 1.19 bits per heavy atom. The zero-order chi connectivity index (χ0) is 15.1. The van der Waals surface area contributed by atoms with Gasteiger partial charge in [-0.05, 0) is 42.8 Å². The van der Waals surface area contributed by atoms with Crippen molar-refractivity contribution in [3.8, 4) is 11.5 Å². The summed E-state index contributed by atoms with van der Waals surface area (Å²) in [6.07, 6.45) is 1.70. The Morgan fingerprint density at radius 2 is 2.00 bits per heavy atom. The van der Waals surface area contributed by atoms with Crippen molar-refractivity contribution in [1.82, 2.24) is 0 Å². The van der Waals surface area contributed by atoms with E-state index >= 15 is 0 Å². The van der Waals surface area contributed by atoms with Gasteiger partial charge in [0.1, 0.15) is 0 Å². The number of anilines is 1. The van der Waals surface area contributed by atoms with Gasteiger partial charge in [0.2, 0.25) is 0 Å². The molecule has 0 saturated carbocycles. The Hall–Kier alpha value is -2.20. The molecule has 0 bridgehead atoms. The molecule has 0 unspecified atom stereocenters. The van der Waals surface area contributed by atoms with Crippen molar-refractivity contribution < 1.29 is 9.47 Å². The third-order valence-electron chi connectivity index (χ3n) is 2.76. The number of para-hydroxylation sites is 1. The van der Waals surface area contributed by atoms with Crippen molar-refractivity contribution >= 4 is 23.5 Å². The molecule has 0 heterocycles. The van der Waals surface area contributed by atoms with Crippen LogP contribution in [0.1, 0.15) is 12.5 Å². The highest BCUT2D eigenvalue weighted by Gasteiger charge is 2.04. The van der Waals surface area contributed by atoms with Crippen LogP contribution in [0.5, 0.6) is 11.5 Å². The molecular formula is C16H17ClN2O2. The monoisotopic (exact) mass is 304 g/mol. The minimum atomic E-state index is 0.578. The van der Waals surface area contributed by atoms with Crippen molar-refractivity contribution in [2.45, 2.75) is 6.92 Å². The molecule has 0 aliphatic heterocycles. The van der Waals surface area contributed by atoms with E-state index in [-0.39, 0.29) is 0 Å². The summed E-state index contributed by atoms with van der Waals surface area (Å²) in [6, 6.07) is 13.1. The fraction of sp³-hybridized carbons (Fsp3) is 0.188. The van der Waals surface area contributed by atoms with Crippen LogP contribution in [0.3, 0.4) is 0 Å². The van der Waals surface area contributed by atoms with Crippen molar-refractivity contribution in [2.75, 3.05) is 19.1 Å². The zero-order valence-corrected chi connectivity index (χ0v) is 12.7. The molecule has 2 rings (SSSR count). The lowest BCUT2D eigenvalue weighted by Gasteiger charge is -2.09. The smallest absolute Gasteiger partial charge is 0.161 e. The second kappa shape index (κ2) is 7.55. The highest BCUT2D eigenvalue weighted by molar-refractivity contribution is 6.33. The second-order valence-electron chi connectivity index (χ2n) is 4.19. The molecule has 0 amide bonds. The molecule has 0 aliphatic carbocycles. The normalized spacial score (nSPS) is 10.6. The van der Waals surface area contributed by atoms with E-state index in [0.717, 1.165) is 11.3 Å². The molecule has 2 aromatic rings. The van der Waals surface area contributed by atoms with E-state index in [2.05, 4.69) is 10.5 Å². The Kier molecular flexibility index (Phi) is 5.46. The highest BCUT2D eigenvalue weighted by atomic mass is 35.5. The summed E-state index contributed by atoms with van der Waals surface area (Å²) in [4.78, 5) is 0. The maximum atomic E-state index is 6.04. The van der Waals surface area contributed by atoms with Crippen LogP contribution in [0.4, 0.5) is 5.69 Å². The second-order valence-corrected chi connectivity index (χ2v) is 4.60. The van der Waals surface area contributed by atoms with Gasteiger partial charge >= 0.3 is 0 Å². The van der Waals surface area contributed by atoms with E-state index in [1.54, 1.807) is 19.4 Å². The highest BCUT2D eigenvalue weighted by Crippen LogP contribution is 2.27. The van der Waals surface area contributed by atoms with Gasteiger partial charge < -0.3 is 9.47 Å². The van der Waals surface area contributed by atoms with Crippen LogP contribution in [0, 0.1) is 0 Å². The van der Waals surface area contributed by atoms with Crippen LogP contribution in [0.2, 0.25) is 5.02 Å². The summed E-state index contributed by atoms with van der Waals surface area (Å²) in [6.45, 7) is 2.51. The zero-order valence-electron chi connectivity index (χ0n) is 12.0. The molecule has 5 heteroatoms. The van der Waals surface area contributed by atoms with Crippen LogP contribution in [0.15, 0.2) is 47.6 Å². The van der Waals surface area contributed by atoms with Crippen LogP contribution in [-0.4, -0.2) is 19.9 Å². The first-order chi connectivity index (χ1) is 10.2. The molecular weight excluding hydrogens is 288 g/mol. The van der Waals surface area contributed by atoms with Crippen LogP contribution in [0.25, 0.3) is 0 Å². The molecule has 0 aliphatic rings. The summed E-state index contributed by atoms with van der Waals surface area (Å²) in [5, 5.41) is 4.80. The van der Waals surface area contributed by atoms with E-state index in [0.29, 0.717) is 23.1 Å². The third kappa shape index (κ3) is 4.13. The molecule has 0 atom stereocenters. The molecule has 1 N–H and O–H groups in total. The number of nitrogens with one attached hydrogen (secondary N) is 1. The molecule has 4 nitrogen and oxygen atoms in total. The van der Waals surface area contributed by atoms with Crippen LogP contribution < -0.4 is 14.9 Å². The maximum Gasteiger partial charge on any atom is 0.161 e. The SMILES string of the molecule is CCOc1cc(/C=N\Nc2ccccc2Cl)ccc1OC. The number of hydrogen-bond donors (Lipinski definition) is 1. The maximum absolute atomic E-state index is 6.04. The van der Waals surface area contributed by atoms with Crippen molar-refractivity contribution in [1.29, 1.82) is 0 Å². The summed E-state index contributed by atoms with van der Waals surface area (Å²) < 4.78 is 10.8. The molecule has 0 aromatic heterocycles. The van der Waals surface area contributed by atoms with E-state index in [1.807, 2.05) is 43.3 Å². The lowest BCUT2D eigenvalue weighted by molar-refractivity contribution is 0.311. The standard InChI is InChI=1S/C16H17ClN2O2/c1-3-21-16-10-12(8-9-15(16)20-2)11-18-19-14-7-5-4-6-13(14)17/h4-11,19H,3H2,1-2H3/b18-11-. The Labute approximate surface area is 129 Å². The number of hydrazone groups is 1. The summed E-state index contributed by atoms with van der Waals surface area (Å²) in [7, 11) is 1.62. The summed E-state index contributed by atoms with van der Waals surface area (Å²) in [5.41, 5.74) is 4.57. The minimum Gasteiger partial charge on any atom is -0.493 e. The Morgan fingerprint density at radius 3 is 2.71 bits per heavy atom. The first-order valence-corrected chi connectivity index (χ1v) is 6.97. The van der Waals surface area contributed by atoms with Gasteiger partial charge in [0.25, 0.3) is 0 Å². The molecule has 0 fully saturated rings. The number of benzene rings is 2. The number of halogens is 1. The van der Waals surface area contributed by atoms with Crippen LogP contribution in [-0.2, 0) is 0 Å². The topological polar surface area (TPSA) is 42.8 Å². The predicted molar refractivity (Wildman–Crippen MR) is 86.8 cm³/mol. The number of nitrogens with zero attached hydrogens (tertiary/aromatic N) is 1. The van der Waals surface area contributed by atoms with Gasteiger partial charge in [0.15, 0.2) is 11.5 Å². The van der Waals surface area contributed by atoms with Crippen LogP contribution >= 0.6 is 11.6 Å². The van der Waals surface area contributed by atoms with Gasteiger partial charge in [-0.1, -0.05) is 23.7 Å². The number of rotatable bonds is 6. The third-order valence-corrected chi connectivity index (χ3v) is 3.09. The molecule has 0 spiro atoms. The Balaban J connectivity index is 2.10. The van der Waals surface area contributed by atoms with Gasteiger partial charge in [-0.25, -0.2) is 0 Å². The van der Waals surface area contributed by atoms with Crippen molar-refractivity contribution in [3.63, 3.8) is 0 Å². The summed E-state index contributed by atoms with van der Waals surface area (Å²) >= 11 is 6.04. The molecule has 21 heavy (non-hydrogen) atoms. The molecule has 0 saturated heterocycles. The summed E-state index contributed by atoms with van der Waals surface area (Å²) in [5.74, 6) is 1.40. The minimum absolute atomic E-state index is 0.578. The van der Waals surface area contributed by atoms with Gasteiger partial charge in [0.05, 0.1) is 30.6 Å². The number of ether oxygens (including phenoxy) is 2. The lowest BCUT2D eigenvalue weighted by atomic mass is 10.2. The lowest BCUT2D eigenvalue weighted by Crippen LogP contribution is -1.97.